The number of rotatable bonds is 4. The van der Waals surface area contributed by atoms with Crippen LogP contribution in [0.1, 0.15) is 24.1 Å². The second-order valence-electron chi connectivity index (χ2n) is 5.15. The minimum absolute atomic E-state index is 0.00329. The van der Waals surface area contributed by atoms with E-state index in [-0.39, 0.29) is 11.9 Å². The van der Waals surface area contributed by atoms with E-state index in [1.807, 2.05) is 62.5 Å². The monoisotopic (exact) mass is 302 g/mol. The first-order valence-corrected chi connectivity index (χ1v) is 7.20. The quantitative estimate of drug-likeness (QED) is 0.876. The molecule has 1 unspecified atom stereocenters. The van der Waals surface area contributed by atoms with Crippen molar-refractivity contribution in [3.05, 3.63) is 64.7 Å². The molecule has 0 saturated carbocycles. The Morgan fingerprint density at radius 1 is 1.14 bits per heavy atom. The Kier molecular flexibility index (Phi) is 4.86. The summed E-state index contributed by atoms with van der Waals surface area (Å²) in [5, 5.41) is 0.696. The first-order chi connectivity index (χ1) is 9.97. The molecule has 0 aliphatic carbocycles. The molecule has 21 heavy (non-hydrogen) atoms. The van der Waals surface area contributed by atoms with Gasteiger partial charge in [-0.15, -0.1) is 0 Å². The Morgan fingerprint density at radius 2 is 1.71 bits per heavy atom. The topological polar surface area (TPSA) is 46.3 Å². The third-order valence-corrected chi connectivity index (χ3v) is 3.91. The van der Waals surface area contributed by atoms with Crippen LogP contribution < -0.4 is 5.73 Å². The van der Waals surface area contributed by atoms with Crippen molar-refractivity contribution in [3.63, 3.8) is 0 Å². The van der Waals surface area contributed by atoms with Gasteiger partial charge in [-0.25, -0.2) is 0 Å². The number of anilines is 1. The maximum Gasteiger partial charge on any atom is 0.227 e. The number of likely N-dealkylation sites (N-methyl/N-ethyl adjacent to an activating group) is 1. The molecule has 0 bridgehead atoms. The number of nitrogen functional groups attached to an aromatic ring is 1. The van der Waals surface area contributed by atoms with Crippen LogP contribution in [0.4, 0.5) is 5.69 Å². The van der Waals surface area contributed by atoms with Gasteiger partial charge >= 0.3 is 0 Å². The molecular formula is C17H19ClN2O. The predicted molar refractivity (Wildman–Crippen MR) is 87.2 cm³/mol. The van der Waals surface area contributed by atoms with Gasteiger partial charge in [0, 0.05) is 17.8 Å². The molecule has 110 valence electrons. The lowest BCUT2D eigenvalue weighted by Crippen LogP contribution is -2.30. The second-order valence-corrected chi connectivity index (χ2v) is 5.59. The van der Waals surface area contributed by atoms with Crippen molar-refractivity contribution in [2.45, 2.75) is 19.4 Å². The molecule has 0 saturated heterocycles. The van der Waals surface area contributed by atoms with Crippen molar-refractivity contribution in [3.8, 4) is 0 Å². The van der Waals surface area contributed by atoms with Crippen LogP contribution in [0.2, 0.25) is 5.02 Å². The van der Waals surface area contributed by atoms with Gasteiger partial charge in [-0.1, -0.05) is 35.9 Å². The lowest BCUT2D eigenvalue weighted by Gasteiger charge is -2.25. The standard InChI is InChI=1S/C17H19ClN2O/c1-12(14-5-7-15(18)8-6-14)20(2)17(21)11-13-3-9-16(19)10-4-13/h3-10,12H,11,19H2,1-2H3. The number of hydrogen-bond donors (Lipinski definition) is 1. The average Bonchev–Trinajstić information content (AvgIpc) is 2.49. The van der Waals surface area contributed by atoms with Crippen molar-refractivity contribution >= 4 is 23.2 Å². The number of benzene rings is 2. The smallest absolute Gasteiger partial charge is 0.227 e. The van der Waals surface area contributed by atoms with Gasteiger partial charge in [-0.3, -0.25) is 4.79 Å². The molecule has 2 rings (SSSR count). The number of halogens is 1. The van der Waals surface area contributed by atoms with E-state index in [1.165, 1.54) is 0 Å². The van der Waals surface area contributed by atoms with Crippen LogP contribution in [0.5, 0.6) is 0 Å². The molecule has 0 aromatic heterocycles. The highest BCUT2D eigenvalue weighted by Gasteiger charge is 2.17. The molecule has 0 heterocycles. The number of nitrogens with zero attached hydrogens (tertiary/aromatic N) is 1. The number of amides is 1. The van der Waals surface area contributed by atoms with E-state index in [0.29, 0.717) is 17.1 Å². The van der Waals surface area contributed by atoms with Crippen molar-refractivity contribution < 1.29 is 4.79 Å². The summed E-state index contributed by atoms with van der Waals surface area (Å²) in [6, 6.07) is 15.0. The molecule has 2 aromatic carbocycles. The highest BCUT2D eigenvalue weighted by atomic mass is 35.5. The van der Waals surface area contributed by atoms with E-state index < -0.39 is 0 Å². The van der Waals surface area contributed by atoms with E-state index in [4.69, 9.17) is 17.3 Å². The summed E-state index contributed by atoms with van der Waals surface area (Å²) in [6.07, 6.45) is 0.370. The van der Waals surface area contributed by atoms with Crippen LogP contribution >= 0.6 is 11.6 Å². The summed E-state index contributed by atoms with van der Waals surface area (Å²) in [4.78, 5) is 14.1. The van der Waals surface area contributed by atoms with Gasteiger partial charge in [-0.2, -0.15) is 0 Å². The number of carbonyl (C=O) groups excluding carboxylic acids is 1. The molecular weight excluding hydrogens is 284 g/mol. The lowest BCUT2D eigenvalue weighted by molar-refractivity contribution is -0.131. The zero-order chi connectivity index (χ0) is 15.4. The molecule has 0 radical (unpaired) electrons. The van der Waals surface area contributed by atoms with Gasteiger partial charge in [-0.05, 0) is 42.3 Å². The van der Waals surface area contributed by atoms with Crippen LogP contribution in [-0.4, -0.2) is 17.9 Å². The summed E-state index contributed by atoms with van der Waals surface area (Å²) in [6.45, 7) is 2.00. The van der Waals surface area contributed by atoms with Crippen molar-refractivity contribution in [2.75, 3.05) is 12.8 Å². The third kappa shape index (κ3) is 3.99. The Labute approximate surface area is 130 Å². The van der Waals surface area contributed by atoms with Gasteiger partial charge in [0.2, 0.25) is 5.91 Å². The Morgan fingerprint density at radius 3 is 2.29 bits per heavy atom. The second kappa shape index (κ2) is 6.64. The minimum atomic E-state index is 0.00329. The number of carbonyl (C=O) groups is 1. The van der Waals surface area contributed by atoms with Gasteiger partial charge in [0.15, 0.2) is 0 Å². The first-order valence-electron chi connectivity index (χ1n) is 6.83. The van der Waals surface area contributed by atoms with E-state index in [9.17, 15) is 4.79 Å². The zero-order valence-electron chi connectivity index (χ0n) is 12.2. The van der Waals surface area contributed by atoms with Gasteiger partial charge in [0.05, 0.1) is 12.5 Å². The minimum Gasteiger partial charge on any atom is -0.399 e. The Bertz CT molecular complexity index is 608. The van der Waals surface area contributed by atoms with Crippen LogP contribution in [0.3, 0.4) is 0 Å². The fourth-order valence-electron chi connectivity index (χ4n) is 2.12. The maximum atomic E-state index is 12.3. The summed E-state index contributed by atoms with van der Waals surface area (Å²) >= 11 is 5.89. The Balaban J connectivity index is 2.04. The van der Waals surface area contributed by atoms with Crippen LogP contribution in [-0.2, 0) is 11.2 Å². The molecule has 3 nitrogen and oxygen atoms in total. The summed E-state index contributed by atoms with van der Waals surface area (Å²) in [5.41, 5.74) is 8.38. The number of nitrogens with two attached hydrogens (primary N) is 1. The summed E-state index contributed by atoms with van der Waals surface area (Å²) in [5.74, 6) is 0.0715. The average molecular weight is 303 g/mol. The van der Waals surface area contributed by atoms with Gasteiger partial charge < -0.3 is 10.6 Å². The van der Waals surface area contributed by atoms with E-state index in [2.05, 4.69) is 0 Å². The lowest BCUT2D eigenvalue weighted by atomic mass is 10.1. The third-order valence-electron chi connectivity index (χ3n) is 3.66. The molecule has 4 heteroatoms. The number of hydrogen-bond acceptors (Lipinski definition) is 2. The molecule has 1 amide bonds. The molecule has 0 fully saturated rings. The normalized spacial score (nSPS) is 12.0. The predicted octanol–water partition coefficient (Wildman–Crippen LogP) is 3.68. The highest BCUT2D eigenvalue weighted by molar-refractivity contribution is 6.30. The Hall–Kier alpha value is -2.00. The molecule has 0 aliphatic heterocycles. The van der Waals surface area contributed by atoms with E-state index in [0.717, 1.165) is 11.1 Å². The SMILES string of the molecule is CC(c1ccc(Cl)cc1)N(C)C(=O)Cc1ccc(N)cc1. The molecule has 1 atom stereocenters. The molecule has 0 spiro atoms. The zero-order valence-corrected chi connectivity index (χ0v) is 13.0. The molecule has 2 aromatic rings. The van der Waals surface area contributed by atoms with Crippen molar-refractivity contribution in [2.24, 2.45) is 0 Å². The van der Waals surface area contributed by atoms with Gasteiger partial charge in [0.25, 0.3) is 0 Å². The van der Waals surface area contributed by atoms with Crippen molar-refractivity contribution in [1.29, 1.82) is 0 Å². The molecule has 0 aliphatic rings. The van der Waals surface area contributed by atoms with Crippen LogP contribution in [0.15, 0.2) is 48.5 Å². The van der Waals surface area contributed by atoms with E-state index >= 15 is 0 Å². The summed E-state index contributed by atoms with van der Waals surface area (Å²) < 4.78 is 0. The highest BCUT2D eigenvalue weighted by Crippen LogP contribution is 2.21. The van der Waals surface area contributed by atoms with Gasteiger partial charge in [0.1, 0.15) is 0 Å². The maximum absolute atomic E-state index is 12.3. The first kappa shape index (κ1) is 15.4. The largest absolute Gasteiger partial charge is 0.399 e. The van der Waals surface area contributed by atoms with Crippen LogP contribution in [0, 0.1) is 0 Å². The fraction of sp³-hybridized carbons (Fsp3) is 0.235. The summed E-state index contributed by atoms with van der Waals surface area (Å²) in [7, 11) is 1.82. The molecule has 2 N–H and O–H groups in total. The van der Waals surface area contributed by atoms with Crippen molar-refractivity contribution in [1.82, 2.24) is 4.90 Å². The van der Waals surface area contributed by atoms with E-state index in [1.54, 1.807) is 4.90 Å². The fourth-order valence-corrected chi connectivity index (χ4v) is 2.24. The van der Waals surface area contributed by atoms with Crippen LogP contribution in [0.25, 0.3) is 0 Å².